The van der Waals surface area contributed by atoms with Gasteiger partial charge >= 0.3 is 0 Å². The number of thiazole rings is 1. The SMILES string of the molecule is COc1ccc(N2CC(C(=O)Nc3ccc(-c4cn5ccsc5n4)cc3)CC2=O)cc1. The summed E-state index contributed by atoms with van der Waals surface area (Å²) in [6.45, 7) is 0.362. The molecule has 1 atom stereocenters. The average Bonchev–Trinajstić information content (AvgIpc) is 3.49. The number of ether oxygens (including phenoxy) is 1. The van der Waals surface area contributed by atoms with Gasteiger partial charge in [-0.1, -0.05) is 12.1 Å². The van der Waals surface area contributed by atoms with Crippen molar-refractivity contribution in [2.75, 3.05) is 23.9 Å². The van der Waals surface area contributed by atoms with E-state index in [0.29, 0.717) is 12.2 Å². The summed E-state index contributed by atoms with van der Waals surface area (Å²) < 4.78 is 7.15. The van der Waals surface area contributed by atoms with E-state index >= 15 is 0 Å². The summed E-state index contributed by atoms with van der Waals surface area (Å²) in [6.07, 6.45) is 4.15. The number of benzene rings is 2. The molecule has 0 bridgehead atoms. The lowest BCUT2D eigenvalue weighted by Gasteiger charge is -2.17. The molecule has 0 radical (unpaired) electrons. The first-order chi connectivity index (χ1) is 15.1. The highest BCUT2D eigenvalue weighted by Crippen LogP contribution is 2.28. The minimum absolute atomic E-state index is 0.0552. The maximum atomic E-state index is 12.8. The van der Waals surface area contributed by atoms with Crippen molar-refractivity contribution in [2.24, 2.45) is 5.92 Å². The number of carbonyl (C=O) groups excluding carboxylic acids is 2. The smallest absolute Gasteiger partial charge is 0.229 e. The van der Waals surface area contributed by atoms with Gasteiger partial charge in [0.15, 0.2) is 4.96 Å². The summed E-state index contributed by atoms with van der Waals surface area (Å²) in [6, 6.07) is 14.9. The number of anilines is 2. The maximum Gasteiger partial charge on any atom is 0.229 e. The number of rotatable bonds is 5. The van der Waals surface area contributed by atoms with Crippen molar-refractivity contribution >= 4 is 39.5 Å². The molecule has 1 fully saturated rings. The van der Waals surface area contributed by atoms with Crippen LogP contribution >= 0.6 is 11.3 Å². The van der Waals surface area contributed by atoms with E-state index in [-0.39, 0.29) is 18.2 Å². The Labute approximate surface area is 182 Å². The van der Waals surface area contributed by atoms with Crippen LogP contribution in [0.15, 0.2) is 66.3 Å². The Kier molecular flexibility index (Phi) is 4.91. The molecular formula is C23H20N4O3S. The molecule has 0 aliphatic carbocycles. The molecule has 7 nitrogen and oxygen atoms in total. The molecule has 2 amide bonds. The molecule has 8 heteroatoms. The minimum atomic E-state index is -0.394. The molecule has 5 rings (SSSR count). The molecule has 1 unspecified atom stereocenters. The predicted molar refractivity (Wildman–Crippen MR) is 121 cm³/mol. The number of carbonyl (C=O) groups is 2. The predicted octanol–water partition coefficient (Wildman–Crippen LogP) is 4.06. The Morgan fingerprint density at radius 1 is 1.16 bits per heavy atom. The molecule has 1 saturated heterocycles. The highest BCUT2D eigenvalue weighted by molar-refractivity contribution is 7.15. The van der Waals surface area contributed by atoms with Crippen molar-refractivity contribution in [1.29, 1.82) is 0 Å². The summed E-state index contributed by atoms with van der Waals surface area (Å²) >= 11 is 1.59. The zero-order valence-electron chi connectivity index (χ0n) is 16.8. The van der Waals surface area contributed by atoms with E-state index in [0.717, 1.165) is 27.7 Å². The summed E-state index contributed by atoms with van der Waals surface area (Å²) in [4.78, 5) is 32.4. The van der Waals surface area contributed by atoms with Crippen LogP contribution in [0.5, 0.6) is 5.75 Å². The van der Waals surface area contributed by atoms with Crippen molar-refractivity contribution in [3.05, 3.63) is 66.3 Å². The van der Waals surface area contributed by atoms with Crippen molar-refractivity contribution < 1.29 is 14.3 Å². The third-order valence-electron chi connectivity index (χ3n) is 5.42. The van der Waals surface area contributed by atoms with E-state index in [9.17, 15) is 9.59 Å². The van der Waals surface area contributed by atoms with E-state index in [1.54, 1.807) is 35.5 Å². The van der Waals surface area contributed by atoms with Crippen molar-refractivity contribution in [2.45, 2.75) is 6.42 Å². The number of hydrogen-bond acceptors (Lipinski definition) is 5. The van der Waals surface area contributed by atoms with Gasteiger partial charge in [0.1, 0.15) is 5.75 Å². The van der Waals surface area contributed by atoms with Gasteiger partial charge in [0.05, 0.1) is 18.7 Å². The third kappa shape index (κ3) is 3.77. The van der Waals surface area contributed by atoms with Crippen LogP contribution in [0, 0.1) is 5.92 Å². The number of imidazole rings is 1. The van der Waals surface area contributed by atoms with Gasteiger partial charge in [0, 0.05) is 47.7 Å². The zero-order valence-corrected chi connectivity index (χ0v) is 17.6. The molecule has 0 spiro atoms. The molecule has 0 saturated carbocycles. The van der Waals surface area contributed by atoms with Gasteiger partial charge in [-0.3, -0.25) is 14.0 Å². The van der Waals surface area contributed by atoms with Crippen molar-refractivity contribution in [3.8, 4) is 17.0 Å². The molecule has 2 aromatic carbocycles. The molecule has 31 heavy (non-hydrogen) atoms. The van der Waals surface area contributed by atoms with Crippen LogP contribution in [0.25, 0.3) is 16.2 Å². The standard InChI is InChI=1S/C23H20N4O3S/c1-30-19-8-6-18(7-9-19)27-13-16(12-21(27)28)22(29)24-17-4-2-15(3-5-17)20-14-26-10-11-31-23(26)25-20/h2-11,14,16H,12-13H2,1H3,(H,24,29). The van der Waals surface area contributed by atoms with E-state index in [1.807, 2.05) is 58.6 Å². The first kappa shape index (κ1) is 19.3. The average molecular weight is 433 g/mol. The van der Waals surface area contributed by atoms with Crippen LogP contribution in [0.1, 0.15) is 6.42 Å². The number of aromatic nitrogens is 2. The summed E-state index contributed by atoms with van der Waals surface area (Å²) in [7, 11) is 1.60. The van der Waals surface area contributed by atoms with Gasteiger partial charge in [0.2, 0.25) is 11.8 Å². The van der Waals surface area contributed by atoms with Crippen LogP contribution in [-0.2, 0) is 9.59 Å². The topological polar surface area (TPSA) is 75.9 Å². The lowest BCUT2D eigenvalue weighted by atomic mass is 10.1. The summed E-state index contributed by atoms with van der Waals surface area (Å²) in [5, 5.41) is 4.93. The van der Waals surface area contributed by atoms with Crippen LogP contribution in [0.4, 0.5) is 11.4 Å². The van der Waals surface area contributed by atoms with Crippen LogP contribution < -0.4 is 15.0 Å². The molecule has 2 aromatic heterocycles. The fourth-order valence-corrected chi connectivity index (χ4v) is 4.43. The van der Waals surface area contributed by atoms with Gasteiger partial charge in [-0.25, -0.2) is 4.98 Å². The third-order valence-corrected chi connectivity index (χ3v) is 6.19. The van der Waals surface area contributed by atoms with Crippen LogP contribution in [-0.4, -0.2) is 34.9 Å². The van der Waals surface area contributed by atoms with E-state index < -0.39 is 5.92 Å². The Bertz CT molecular complexity index is 1220. The lowest BCUT2D eigenvalue weighted by molar-refractivity contribution is -0.122. The van der Waals surface area contributed by atoms with E-state index in [2.05, 4.69) is 10.3 Å². The summed E-state index contributed by atoms with van der Waals surface area (Å²) in [5.41, 5.74) is 3.34. The van der Waals surface area contributed by atoms with E-state index in [1.165, 1.54) is 0 Å². The van der Waals surface area contributed by atoms with E-state index in [4.69, 9.17) is 4.74 Å². The largest absolute Gasteiger partial charge is 0.497 e. The fraction of sp³-hybridized carbons (Fsp3) is 0.174. The maximum absolute atomic E-state index is 12.8. The first-order valence-electron chi connectivity index (χ1n) is 9.88. The van der Waals surface area contributed by atoms with Gasteiger partial charge < -0.3 is 15.0 Å². The number of methoxy groups -OCH3 is 1. The number of amides is 2. The second-order valence-corrected chi connectivity index (χ2v) is 8.26. The molecule has 156 valence electrons. The van der Waals surface area contributed by atoms with Crippen LogP contribution in [0.2, 0.25) is 0 Å². The fourth-order valence-electron chi connectivity index (χ4n) is 3.73. The van der Waals surface area contributed by atoms with Gasteiger partial charge in [-0.05, 0) is 36.4 Å². The van der Waals surface area contributed by atoms with Crippen LogP contribution in [0.3, 0.4) is 0 Å². The lowest BCUT2D eigenvalue weighted by Crippen LogP contribution is -2.28. The van der Waals surface area contributed by atoms with Gasteiger partial charge in [-0.15, -0.1) is 11.3 Å². The molecule has 3 heterocycles. The molecule has 1 aliphatic heterocycles. The number of hydrogen-bond donors (Lipinski definition) is 1. The zero-order chi connectivity index (χ0) is 21.4. The Hall–Kier alpha value is -3.65. The normalized spacial score (nSPS) is 16.1. The molecule has 1 aliphatic rings. The second-order valence-electron chi connectivity index (χ2n) is 7.39. The Morgan fingerprint density at radius 3 is 2.65 bits per heavy atom. The number of fused-ring (bicyclic) bond motifs is 1. The quantitative estimate of drug-likeness (QED) is 0.516. The first-order valence-corrected chi connectivity index (χ1v) is 10.8. The summed E-state index contributed by atoms with van der Waals surface area (Å²) in [5.74, 6) is 0.123. The Morgan fingerprint density at radius 2 is 1.94 bits per heavy atom. The van der Waals surface area contributed by atoms with Gasteiger partial charge in [-0.2, -0.15) is 0 Å². The minimum Gasteiger partial charge on any atom is -0.497 e. The molecule has 4 aromatic rings. The number of nitrogens with one attached hydrogen (secondary N) is 1. The highest BCUT2D eigenvalue weighted by Gasteiger charge is 2.35. The Balaban J connectivity index is 1.24. The van der Waals surface area contributed by atoms with Gasteiger partial charge in [0.25, 0.3) is 0 Å². The molecule has 1 N–H and O–H groups in total. The second kappa shape index (κ2) is 7.88. The van der Waals surface area contributed by atoms with Crippen molar-refractivity contribution in [1.82, 2.24) is 9.38 Å². The number of nitrogens with zero attached hydrogens (tertiary/aromatic N) is 3. The monoisotopic (exact) mass is 432 g/mol. The highest BCUT2D eigenvalue weighted by atomic mass is 32.1. The molecular weight excluding hydrogens is 412 g/mol. The van der Waals surface area contributed by atoms with Crippen molar-refractivity contribution in [3.63, 3.8) is 0 Å².